The Morgan fingerprint density at radius 2 is 1.93 bits per heavy atom. The molecule has 2 atom stereocenters. The van der Waals surface area contributed by atoms with E-state index >= 15 is 0 Å². The van der Waals surface area contributed by atoms with Gasteiger partial charge in [0.05, 0.1) is 6.54 Å². The Morgan fingerprint density at radius 3 is 2.78 bits per heavy atom. The van der Waals surface area contributed by atoms with E-state index in [9.17, 15) is 0 Å². The molecule has 1 fully saturated rings. The first-order valence-corrected chi connectivity index (χ1v) is 10.2. The maximum absolute atomic E-state index is 6.03. The predicted molar refractivity (Wildman–Crippen MR) is 110 cm³/mol. The zero-order valence-corrected chi connectivity index (χ0v) is 16.3. The van der Waals surface area contributed by atoms with Gasteiger partial charge in [-0.1, -0.05) is 29.8 Å². The quantitative estimate of drug-likeness (QED) is 0.643. The highest BCUT2D eigenvalue weighted by Gasteiger charge is 2.38. The lowest BCUT2D eigenvalue weighted by molar-refractivity contribution is 0.0984. The van der Waals surface area contributed by atoms with Crippen LogP contribution in [0.4, 0.5) is 0 Å². The van der Waals surface area contributed by atoms with E-state index in [4.69, 9.17) is 4.74 Å². The monoisotopic (exact) mass is 360 g/mol. The van der Waals surface area contributed by atoms with Gasteiger partial charge in [-0.05, 0) is 63.1 Å². The van der Waals surface area contributed by atoms with E-state index in [-0.39, 0.29) is 0 Å². The van der Waals surface area contributed by atoms with Gasteiger partial charge < -0.3 is 9.30 Å². The third kappa shape index (κ3) is 2.85. The number of benzene rings is 2. The molecular formula is C24H28N2O. The number of likely N-dealkylation sites (N-methyl/N-ethyl adjacent to an activating group) is 1. The second kappa shape index (κ2) is 6.72. The van der Waals surface area contributed by atoms with Gasteiger partial charge in [-0.25, -0.2) is 0 Å². The molecule has 2 aliphatic heterocycles. The minimum absolute atomic E-state index is 0.577. The Bertz CT molecular complexity index is 959. The van der Waals surface area contributed by atoms with Crippen LogP contribution < -0.4 is 4.74 Å². The molecule has 0 N–H and O–H groups in total. The zero-order valence-electron chi connectivity index (χ0n) is 16.3. The van der Waals surface area contributed by atoms with Crippen LogP contribution in [-0.4, -0.2) is 29.2 Å². The number of rotatable bonds is 4. The van der Waals surface area contributed by atoms with Crippen molar-refractivity contribution in [3.8, 4) is 5.75 Å². The summed E-state index contributed by atoms with van der Waals surface area (Å²) in [7, 11) is 2.33. The number of aryl methyl sites for hydroxylation is 1. The molecule has 2 aliphatic rings. The lowest BCUT2D eigenvalue weighted by Gasteiger charge is -2.44. The topological polar surface area (TPSA) is 17.4 Å². The number of hydrogen-bond acceptors (Lipinski definition) is 2. The maximum atomic E-state index is 6.03. The fraction of sp³-hybridized carbons (Fsp3) is 0.417. The van der Waals surface area contributed by atoms with Gasteiger partial charge in [0.15, 0.2) is 0 Å². The molecule has 3 heterocycles. The van der Waals surface area contributed by atoms with E-state index in [1.54, 1.807) is 11.3 Å². The maximum Gasteiger partial charge on any atom is 0.119 e. The van der Waals surface area contributed by atoms with Crippen LogP contribution in [0.25, 0.3) is 10.9 Å². The summed E-state index contributed by atoms with van der Waals surface area (Å²) in [6, 6.07) is 18.4. The molecule has 0 spiro atoms. The fourth-order valence-electron chi connectivity index (χ4n) is 5.19. The standard InChI is InChI=1S/C24H28N2O/c1-17-11-12-21-20(15-17)24-22-10-6-7-18(25(22)2)16-23(24)26(21)13-14-27-19-8-4-3-5-9-19/h3-5,8-9,11-12,15,18,22H,6-7,10,13-14,16H2,1-2H3. The Hall–Kier alpha value is -2.26. The molecule has 27 heavy (non-hydrogen) atoms. The molecule has 2 aromatic carbocycles. The number of hydrogen-bond donors (Lipinski definition) is 0. The second-order valence-corrected chi connectivity index (χ2v) is 8.16. The van der Waals surface area contributed by atoms with Crippen LogP contribution in [0.1, 0.15) is 42.1 Å². The van der Waals surface area contributed by atoms with Gasteiger partial charge in [0, 0.05) is 35.1 Å². The largest absolute Gasteiger partial charge is 0.492 e. The van der Waals surface area contributed by atoms with Crippen LogP contribution in [-0.2, 0) is 13.0 Å². The van der Waals surface area contributed by atoms with Gasteiger partial charge in [-0.15, -0.1) is 0 Å². The van der Waals surface area contributed by atoms with Crippen molar-refractivity contribution in [2.75, 3.05) is 13.7 Å². The average molecular weight is 361 g/mol. The molecule has 3 aromatic rings. The number of aromatic nitrogens is 1. The summed E-state index contributed by atoms with van der Waals surface area (Å²) in [6.45, 7) is 3.82. The van der Waals surface area contributed by atoms with Crippen LogP contribution in [0.15, 0.2) is 48.5 Å². The lowest BCUT2D eigenvalue weighted by atomic mass is 9.82. The summed E-state index contributed by atoms with van der Waals surface area (Å²) in [6.07, 6.45) is 5.14. The Morgan fingerprint density at radius 1 is 1.07 bits per heavy atom. The van der Waals surface area contributed by atoms with E-state index in [1.807, 2.05) is 30.3 Å². The van der Waals surface area contributed by atoms with Crippen molar-refractivity contribution in [1.29, 1.82) is 0 Å². The van der Waals surface area contributed by atoms with Crippen LogP contribution >= 0.6 is 0 Å². The minimum Gasteiger partial charge on any atom is -0.492 e. The lowest BCUT2D eigenvalue weighted by Crippen LogP contribution is -2.44. The van der Waals surface area contributed by atoms with E-state index in [1.165, 1.54) is 42.1 Å². The molecule has 5 rings (SSSR count). The summed E-state index contributed by atoms with van der Waals surface area (Å²) in [4.78, 5) is 2.64. The van der Waals surface area contributed by atoms with Gasteiger partial charge in [-0.3, -0.25) is 4.90 Å². The molecule has 2 unspecified atom stereocenters. The van der Waals surface area contributed by atoms with Gasteiger partial charge >= 0.3 is 0 Å². The van der Waals surface area contributed by atoms with Crippen molar-refractivity contribution in [3.05, 3.63) is 65.4 Å². The Balaban J connectivity index is 1.53. The van der Waals surface area contributed by atoms with Crippen LogP contribution in [0, 0.1) is 6.92 Å². The summed E-state index contributed by atoms with van der Waals surface area (Å²) in [5.74, 6) is 0.954. The van der Waals surface area contributed by atoms with Crippen molar-refractivity contribution in [1.82, 2.24) is 9.47 Å². The van der Waals surface area contributed by atoms with Crippen LogP contribution in [0.5, 0.6) is 5.75 Å². The van der Waals surface area contributed by atoms with Gasteiger partial charge in [0.1, 0.15) is 12.4 Å². The number of ether oxygens (including phenoxy) is 1. The fourth-order valence-corrected chi connectivity index (χ4v) is 5.19. The third-order valence-corrected chi connectivity index (χ3v) is 6.54. The van der Waals surface area contributed by atoms with Gasteiger partial charge in [-0.2, -0.15) is 0 Å². The summed E-state index contributed by atoms with van der Waals surface area (Å²) >= 11 is 0. The molecule has 3 nitrogen and oxygen atoms in total. The van der Waals surface area contributed by atoms with Crippen molar-refractivity contribution >= 4 is 10.9 Å². The molecular weight excluding hydrogens is 332 g/mol. The minimum atomic E-state index is 0.577. The molecule has 0 aliphatic carbocycles. The SMILES string of the molecule is Cc1ccc2c(c1)c1c(n2CCOc2ccccc2)CC2CCCC1N2C. The third-order valence-electron chi connectivity index (χ3n) is 6.54. The number of piperidine rings is 1. The second-order valence-electron chi connectivity index (χ2n) is 8.16. The first-order chi connectivity index (χ1) is 13.2. The average Bonchev–Trinajstić information content (AvgIpc) is 2.95. The summed E-state index contributed by atoms with van der Waals surface area (Å²) in [5.41, 5.74) is 5.87. The number of para-hydroxylation sites is 1. The van der Waals surface area contributed by atoms with Crippen LogP contribution in [0.2, 0.25) is 0 Å². The zero-order chi connectivity index (χ0) is 18.4. The smallest absolute Gasteiger partial charge is 0.119 e. The Kier molecular flexibility index (Phi) is 4.20. The summed E-state index contributed by atoms with van der Waals surface area (Å²) in [5, 5.41) is 1.46. The van der Waals surface area contributed by atoms with Gasteiger partial charge in [0.25, 0.3) is 0 Å². The molecule has 2 bridgehead atoms. The Labute approximate surface area is 161 Å². The molecule has 0 radical (unpaired) electrons. The molecule has 1 saturated heterocycles. The van der Waals surface area contributed by atoms with Crippen molar-refractivity contribution in [2.24, 2.45) is 0 Å². The summed E-state index contributed by atoms with van der Waals surface area (Å²) < 4.78 is 8.57. The van der Waals surface area contributed by atoms with E-state index < -0.39 is 0 Å². The van der Waals surface area contributed by atoms with Crippen molar-refractivity contribution in [2.45, 2.75) is 51.2 Å². The normalized spacial score (nSPS) is 22.0. The van der Waals surface area contributed by atoms with E-state index in [0.717, 1.165) is 12.3 Å². The predicted octanol–water partition coefficient (Wildman–Crippen LogP) is 5.11. The van der Waals surface area contributed by atoms with E-state index in [2.05, 4.69) is 41.6 Å². The molecule has 3 heteroatoms. The molecule has 140 valence electrons. The highest BCUT2D eigenvalue weighted by atomic mass is 16.5. The van der Waals surface area contributed by atoms with E-state index in [0.29, 0.717) is 18.7 Å². The highest BCUT2D eigenvalue weighted by molar-refractivity contribution is 5.87. The van der Waals surface area contributed by atoms with Crippen molar-refractivity contribution < 1.29 is 4.74 Å². The molecule has 0 amide bonds. The van der Waals surface area contributed by atoms with Gasteiger partial charge in [0.2, 0.25) is 0 Å². The molecule has 1 aromatic heterocycles. The molecule has 0 saturated carbocycles. The first kappa shape index (κ1) is 16.9. The highest BCUT2D eigenvalue weighted by Crippen LogP contribution is 2.45. The van der Waals surface area contributed by atoms with Crippen molar-refractivity contribution in [3.63, 3.8) is 0 Å². The number of fused-ring (bicyclic) bond motifs is 6. The first-order valence-electron chi connectivity index (χ1n) is 10.2. The van der Waals surface area contributed by atoms with Crippen LogP contribution in [0.3, 0.4) is 0 Å². The number of nitrogens with zero attached hydrogens (tertiary/aromatic N) is 2.